The number of benzene rings is 2. The third-order valence-electron chi connectivity index (χ3n) is 3.83. The van der Waals surface area contributed by atoms with Crippen molar-refractivity contribution in [1.82, 2.24) is 15.1 Å². The molecule has 6 heteroatoms. The summed E-state index contributed by atoms with van der Waals surface area (Å²) < 4.78 is 1.85. The van der Waals surface area contributed by atoms with Gasteiger partial charge in [-0.15, -0.1) is 0 Å². The van der Waals surface area contributed by atoms with Gasteiger partial charge in [0.2, 0.25) is 5.91 Å². The van der Waals surface area contributed by atoms with Gasteiger partial charge in [-0.25, -0.2) is 0 Å². The molecular weight excluding hydrogens is 369 g/mol. The highest BCUT2D eigenvalue weighted by Crippen LogP contribution is 2.23. The number of rotatable bonds is 6. The van der Waals surface area contributed by atoms with E-state index in [0.717, 1.165) is 16.7 Å². The second-order valence-electron chi connectivity index (χ2n) is 5.70. The molecule has 0 saturated carbocycles. The van der Waals surface area contributed by atoms with Crippen LogP contribution in [0.5, 0.6) is 0 Å². The number of carbonyl (C=O) groups excluding carboxylic acids is 1. The van der Waals surface area contributed by atoms with E-state index < -0.39 is 0 Å². The molecule has 3 aromatic rings. The van der Waals surface area contributed by atoms with Crippen molar-refractivity contribution in [3.05, 3.63) is 93.7 Å². The van der Waals surface area contributed by atoms with Crippen LogP contribution in [-0.4, -0.2) is 15.7 Å². The zero-order chi connectivity index (χ0) is 18.4. The van der Waals surface area contributed by atoms with E-state index in [1.165, 1.54) is 6.08 Å². The Balaban J connectivity index is 1.61. The zero-order valence-corrected chi connectivity index (χ0v) is 15.4. The van der Waals surface area contributed by atoms with Crippen molar-refractivity contribution < 1.29 is 4.79 Å². The third kappa shape index (κ3) is 4.97. The molecule has 26 heavy (non-hydrogen) atoms. The number of nitrogens with zero attached hydrogens (tertiary/aromatic N) is 2. The smallest absolute Gasteiger partial charge is 0.244 e. The normalized spacial score (nSPS) is 11.0. The van der Waals surface area contributed by atoms with Crippen LogP contribution in [0, 0.1) is 0 Å². The maximum atomic E-state index is 12.1. The standard InChI is InChI=1S/C20H17Cl2N3O/c21-18-8-6-15(12-19(18)22)7-9-20(26)23-13-16-4-1-2-5-17(16)14-25-11-3-10-24-25/h1-12H,13-14H2,(H,23,26)/b9-7+. The minimum Gasteiger partial charge on any atom is -0.348 e. The van der Waals surface area contributed by atoms with Crippen molar-refractivity contribution in [1.29, 1.82) is 0 Å². The van der Waals surface area contributed by atoms with E-state index in [-0.39, 0.29) is 5.91 Å². The fourth-order valence-electron chi connectivity index (χ4n) is 2.48. The van der Waals surface area contributed by atoms with Crippen molar-refractivity contribution in [2.24, 2.45) is 0 Å². The predicted octanol–water partition coefficient (Wildman–Crippen LogP) is 4.57. The van der Waals surface area contributed by atoms with Crippen LogP contribution in [0.3, 0.4) is 0 Å². The number of amides is 1. The fraction of sp³-hybridized carbons (Fsp3) is 0.100. The van der Waals surface area contributed by atoms with Gasteiger partial charge in [0, 0.05) is 25.0 Å². The van der Waals surface area contributed by atoms with Gasteiger partial charge in [0.1, 0.15) is 0 Å². The second kappa shape index (κ2) is 8.70. The highest BCUT2D eigenvalue weighted by molar-refractivity contribution is 6.42. The Morgan fingerprint density at radius 3 is 2.62 bits per heavy atom. The molecule has 1 heterocycles. The van der Waals surface area contributed by atoms with Crippen molar-refractivity contribution >= 4 is 35.2 Å². The Bertz CT molecular complexity index is 921. The Morgan fingerprint density at radius 2 is 1.88 bits per heavy atom. The average molecular weight is 386 g/mol. The van der Waals surface area contributed by atoms with E-state index in [2.05, 4.69) is 10.4 Å². The van der Waals surface area contributed by atoms with Gasteiger partial charge in [-0.1, -0.05) is 53.5 Å². The summed E-state index contributed by atoms with van der Waals surface area (Å²) in [4.78, 5) is 12.1. The molecule has 4 nitrogen and oxygen atoms in total. The summed E-state index contributed by atoms with van der Waals surface area (Å²) in [6.45, 7) is 1.11. The van der Waals surface area contributed by atoms with Crippen LogP contribution in [0.4, 0.5) is 0 Å². The van der Waals surface area contributed by atoms with Gasteiger partial charge in [-0.3, -0.25) is 9.48 Å². The molecule has 0 aliphatic rings. The molecule has 3 rings (SSSR count). The molecule has 1 N–H and O–H groups in total. The van der Waals surface area contributed by atoms with E-state index in [1.807, 2.05) is 41.2 Å². The second-order valence-corrected chi connectivity index (χ2v) is 6.51. The van der Waals surface area contributed by atoms with Gasteiger partial charge in [0.05, 0.1) is 16.6 Å². The van der Waals surface area contributed by atoms with Crippen molar-refractivity contribution in [3.63, 3.8) is 0 Å². The molecule has 0 bridgehead atoms. The molecule has 0 saturated heterocycles. The van der Waals surface area contributed by atoms with Gasteiger partial charge in [0.25, 0.3) is 0 Å². The van der Waals surface area contributed by atoms with E-state index in [9.17, 15) is 4.79 Å². The topological polar surface area (TPSA) is 46.9 Å². The quantitative estimate of drug-likeness (QED) is 0.631. The molecule has 0 aliphatic carbocycles. The molecule has 1 aromatic heterocycles. The maximum absolute atomic E-state index is 12.1. The van der Waals surface area contributed by atoms with Gasteiger partial charge >= 0.3 is 0 Å². The summed E-state index contributed by atoms with van der Waals surface area (Å²) in [6.07, 6.45) is 6.84. The molecule has 0 radical (unpaired) electrons. The molecule has 2 aromatic carbocycles. The molecule has 0 fully saturated rings. The number of nitrogens with one attached hydrogen (secondary N) is 1. The lowest BCUT2D eigenvalue weighted by molar-refractivity contribution is -0.116. The number of aromatic nitrogens is 2. The molecule has 0 spiro atoms. The third-order valence-corrected chi connectivity index (χ3v) is 4.57. The van der Waals surface area contributed by atoms with Crippen molar-refractivity contribution in [3.8, 4) is 0 Å². The number of hydrogen-bond acceptors (Lipinski definition) is 2. The minimum atomic E-state index is -0.176. The summed E-state index contributed by atoms with van der Waals surface area (Å²) in [5, 5.41) is 8.07. The Kier molecular flexibility index (Phi) is 6.10. The average Bonchev–Trinajstić information content (AvgIpc) is 3.15. The first kappa shape index (κ1) is 18.2. The summed E-state index contributed by atoms with van der Waals surface area (Å²) in [7, 11) is 0. The lowest BCUT2D eigenvalue weighted by Gasteiger charge is -2.10. The Hall–Kier alpha value is -2.56. The Labute approximate surface area is 162 Å². The molecule has 132 valence electrons. The van der Waals surface area contributed by atoms with Crippen LogP contribution in [0.1, 0.15) is 16.7 Å². The first-order valence-electron chi connectivity index (χ1n) is 8.07. The highest BCUT2D eigenvalue weighted by atomic mass is 35.5. The van der Waals surface area contributed by atoms with E-state index in [1.54, 1.807) is 30.5 Å². The van der Waals surface area contributed by atoms with E-state index in [4.69, 9.17) is 23.2 Å². The van der Waals surface area contributed by atoms with Crippen LogP contribution in [0.2, 0.25) is 10.0 Å². The van der Waals surface area contributed by atoms with Gasteiger partial charge < -0.3 is 5.32 Å². The van der Waals surface area contributed by atoms with Crippen molar-refractivity contribution in [2.45, 2.75) is 13.1 Å². The predicted molar refractivity (Wildman–Crippen MR) is 105 cm³/mol. The lowest BCUT2D eigenvalue weighted by atomic mass is 10.1. The molecule has 0 unspecified atom stereocenters. The van der Waals surface area contributed by atoms with Crippen molar-refractivity contribution in [2.75, 3.05) is 0 Å². The molecule has 0 aliphatic heterocycles. The summed E-state index contributed by atoms with van der Waals surface area (Å²) >= 11 is 11.9. The van der Waals surface area contributed by atoms with E-state index in [0.29, 0.717) is 23.1 Å². The van der Waals surface area contributed by atoms with Gasteiger partial charge in [-0.2, -0.15) is 5.10 Å². The minimum absolute atomic E-state index is 0.176. The van der Waals surface area contributed by atoms with Gasteiger partial charge in [-0.05, 0) is 41.0 Å². The number of hydrogen-bond donors (Lipinski definition) is 1. The monoisotopic (exact) mass is 385 g/mol. The fourth-order valence-corrected chi connectivity index (χ4v) is 2.79. The van der Waals surface area contributed by atoms with Crippen LogP contribution < -0.4 is 5.32 Å². The largest absolute Gasteiger partial charge is 0.348 e. The lowest BCUT2D eigenvalue weighted by Crippen LogP contribution is -2.21. The number of carbonyl (C=O) groups is 1. The Morgan fingerprint density at radius 1 is 1.08 bits per heavy atom. The summed E-state index contributed by atoms with van der Waals surface area (Å²) in [6, 6.07) is 15.1. The van der Waals surface area contributed by atoms with Gasteiger partial charge in [0.15, 0.2) is 0 Å². The van der Waals surface area contributed by atoms with Crippen LogP contribution in [0.25, 0.3) is 6.08 Å². The first-order chi connectivity index (χ1) is 12.6. The summed E-state index contributed by atoms with van der Waals surface area (Å²) in [5.74, 6) is -0.176. The zero-order valence-electron chi connectivity index (χ0n) is 13.9. The molecular formula is C20H17Cl2N3O. The SMILES string of the molecule is O=C(/C=C/c1ccc(Cl)c(Cl)c1)NCc1ccccc1Cn1cccn1. The molecule has 0 atom stereocenters. The first-order valence-corrected chi connectivity index (χ1v) is 8.82. The molecule has 1 amide bonds. The van der Waals surface area contributed by atoms with Crippen LogP contribution in [0.15, 0.2) is 67.0 Å². The highest BCUT2D eigenvalue weighted by Gasteiger charge is 2.04. The van der Waals surface area contributed by atoms with E-state index >= 15 is 0 Å². The maximum Gasteiger partial charge on any atom is 0.244 e. The number of halogens is 2. The summed E-state index contributed by atoms with van der Waals surface area (Å²) in [5.41, 5.74) is 2.98. The van der Waals surface area contributed by atoms with Crippen LogP contribution >= 0.6 is 23.2 Å². The van der Waals surface area contributed by atoms with Crippen LogP contribution in [-0.2, 0) is 17.9 Å².